The molecule has 0 saturated heterocycles. The van der Waals surface area contributed by atoms with E-state index >= 15 is 0 Å². The van der Waals surface area contributed by atoms with Crippen LogP contribution >= 0.6 is 0 Å². The molecule has 15 heavy (non-hydrogen) atoms. The van der Waals surface area contributed by atoms with E-state index in [-0.39, 0.29) is 12.3 Å². The molecule has 1 aromatic heterocycles. The topological polar surface area (TPSA) is 85.1 Å². The Hall–Kier alpha value is -1.91. The predicted molar refractivity (Wildman–Crippen MR) is 54.7 cm³/mol. The number of primary amides is 1. The highest BCUT2D eigenvalue weighted by Crippen LogP contribution is 1.94. The van der Waals surface area contributed by atoms with Gasteiger partial charge in [-0.15, -0.1) is 0 Å². The fraction of sp³-hybridized carbons (Fsp3) is 0.300. The minimum Gasteiger partial charge on any atom is -0.368 e. The van der Waals surface area contributed by atoms with Crippen LogP contribution in [0.1, 0.15) is 12.6 Å². The van der Waals surface area contributed by atoms with Gasteiger partial charge in [0.1, 0.15) is 6.04 Å². The standard InChI is InChI=1S/C10H13N3O2/c1-7(10(11)15)13-9(14)6-8-4-2-3-5-12-8/h2-5,7H,6H2,1H3,(H2,11,15)(H,13,14). The van der Waals surface area contributed by atoms with E-state index in [1.54, 1.807) is 31.3 Å². The van der Waals surface area contributed by atoms with Crippen LogP contribution in [0.15, 0.2) is 24.4 Å². The van der Waals surface area contributed by atoms with Crippen LogP contribution in [0.5, 0.6) is 0 Å². The SMILES string of the molecule is CC(NC(=O)Cc1ccccn1)C(N)=O. The summed E-state index contributed by atoms with van der Waals surface area (Å²) < 4.78 is 0. The van der Waals surface area contributed by atoms with Crippen molar-refractivity contribution in [3.63, 3.8) is 0 Å². The van der Waals surface area contributed by atoms with Gasteiger partial charge in [0.2, 0.25) is 11.8 Å². The maximum atomic E-state index is 11.4. The van der Waals surface area contributed by atoms with E-state index in [2.05, 4.69) is 10.3 Å². The highest BCUT2D eigenvalue weighted by molar-refractivity contribution is 5.86. The fourth-order valence-electron chi connectivity index (χ4n) is 1.03. The third-order valence-corrected chi connectivity index (χ3v) is 1.87. The van der Waals surface area contributed by atoms with Crippen molar-refractivity contribution in [3.05, 3.63) is 30.1 Å². The molecule has 0 spiro atoms. The molecule has 0 aliphatic heterocycles. The van der Waals surface area contributed by atoms with Gasteiger partial charge in [0.15, 0.2) is 0 Å². The van der Waals surface area contributed by atoms with Gasteiger partial charge in [-0.2, -0.15) is 0 Å². The molecule has 1 atom stereocenters. The lowest BCUT2D eigenvalue weighted by atomic mass is 10.2. The second kappa shape index (κ2) is 5.09. The first-order valence-electron chi connectivity index (χ1n) is 4.58. The molecule has 0 radical (unpaired) electrons. The number of pyridine rings is 1. The van der Waals surface area contributed by atoms with Gasteiger partial charge in [-0.1, -0.05) is 6.07 Å². The number of nitrogens with zero attached hydrogens (tertiary/aromatic N) is 1. The van der Waals surface area contributed by atoms with Gasteiger partial charge in [0.25, 0.3) is 0 Å². The molecule has 2 amide bonds. The zero-order valence-corrected chi connectivity index (χ0v) is 8.43. The summed E-state index contributed by atoms with van der Waals surface area (Å²) in [6, 6.07) is 4.66. The molecule has 1 heterocycles. The quantitative estimate of drug-likeness (QED) is 0.705. The third-order valence-electron chi connectivity index (χ3n) is 1.87. The van der Waals surface area contributed by atoms with E-state index in [1.807, 2.05) is 0 Å². The number of carbonyl (C=O) groups excluding carboxylic acids is 2. The van der Waals surface area contributed by atoms with Crippen LogP contribution in [0.2, 0.25) is 0 Å². The summed E-state index contributed by atoms with van der Waals surface area (Å²) in [5.74, 6) is -0.815. The predicted octanol–water partition coefficient (Wildman–Crippen LogP) is -0.386. The first kappa shape index (κ1) is 11.2. The van der Waals surface area contributed by atoms with Crippen LogP contribution in [0, 0.1) is 0 Å². The molecule has 3 N–H and O–H groups in total. The molecule has 1 aromatic rings. The van der Waals surface area contributed by atoms with Crippen molar-refractivity contribution in [1.29, 1.82) is 0 Å². The summed E-state index contributed by atoms with van der Waals surface area (Å²) in [6.45, 7) is 1.54. The zero-order chi connectivity index (χ0) is 11.3. The Morgan fingerprint density at radius 3 is 2.80 bits per heavy atom. The highest BCUT2D eigenvalue weighted by Gasteiger charge is 2.12. The van der Waals surface area contributed by atoms with Gasteiger partial charge >= 0.3 is 0 Å². The zero-order valence-electron chi connectivity index (χ0n) is 8.43. The molecular formula is C10H13N3O2. The van der Waals surface area contributed by atoms with E-state index in [0.29, 0.717) is 5.69 Å². The maximum absolute atomic E-state index is 11.4. The second-order valence-corrected chi connectivity index (χ2v) is 3.19. The van der Waals surface area contributed by atoms with Gasteiger partial charge in [0.05, 0.1) is 6.42 Å². The first-order valence-corrected chi connectivity index (χ1v) is 4.58. The third kappa shape index (κ3) is 3.76. The average molecular weight is 207 g/mol. The number of hydrogen-bond acceptors (Lipinski definition) is 3. The molecule has 1 unspecified atom stereocenters. The normalized spacial score (nSPS) is 11.8. The van der Waals surface area contributed by atoms with Crippen molar-refractivity contribution >= 4 is 11.8 Å². The summed E-state index contributed by atoms with van der Waals surface area (Å²) in [5, 5.41) is 2.47. The summed E-state index contributed by atoms with van der Waals surface area (Å²) in [5.41, 5.74) is 5.67. The van der Waals surface area contributed by atoms with Crippen LogP contribution in [-0.4, -0.2) is 22.8 Å². The Morgan fingerprint density at radius 1 is 1.53 bits per heavy atom. The van der Waals surface area contributed by atoms with Crippen molar-refractivity contribution in [2.24, 2.45) is 5.73 Å². The van der Waals surface area contributed by atoms with Gasteiger partial charge in [-0.05, 0) is 19.1 Å². The van der Waals surface area contributed by atoms with Crippen molar-refractivity contribution in [2.75, 3.05) is 0 Å². The molecule has 0 fully saturated rings. The van der Waals surface area contributed by atoms with E-state index in [1.165, 1.54) is 0 Å². The molecule has 5 nitrogen and oxygen atoms in total. The number of carbonyl (C=O) groups is 2. The summed E-state index contributed by atoms with van der Waals surface area (Å²) in [4.78, 5) is 26.0. The highest BCUT2D eigenvalue weighted by atomic mass is 16.2. The first-order chi connectivity index (χ1) is 7.09. The fourth-order valence-corrected chi connectivity index (χ4v) is 1.03. The van der Waals surface area contributed by atoms with Crippen molar-refractivity contribution in [1.82, 2.24) is 10.3 Å². The summed E-state index contributed by atoms with van der Waals surface area (Å²) in [7, 11) is 0. The van der Waals surface area contributed by atoms with Gasteiger partial charge in [0, 0.05) is 11.9 Å². The second-order valence-electron chi connectivity index (χ2n) is 3.19. The van der Waals surface area contributed by atoms with E-state index in [4.69, 9.17) is 5.73 Å². The van der Waals surface area contributed by atoms with Gasteiger partial charge in [-0.25, -0.2) is 0 Å². The molecule has 0 bridgehead atoms. The molecule has 0 aliphatic carbocycles. The van der Waals surface area contributed by atoms with Crippen molar-refractivity contribution < 1.29 is 9.59 Å². The molecule has 0 saturated carbocycles. The summed E-state index contributed by atoms with van der Waals surface area (Å²) in [6.07, 6.45) is 1.76. The molecule has 80 valence electrons. The molecular weight excluding hydrogens is 194 g/mol. The minimum atomic E-state index is -0.652. The molecule has 1 rings (SSSR count). The number of nitrogens with one attached hydrogen (secondary N) is 1. The van der Waals surface area contributed by atoms with Gasteiger partial charge in [-0.3, -0.25) is 14.6 Å². The molecule has 0 aromatic carbocycles. The Labute approximate surface area is 87.7 Å². The Morgan fingerprint density at radius 2 is 2.27 bits per heavy atom. The average Bonchev–Trinajstić information content (AvgIpc) is 2.18. The minimum absolute atomic E-state index is 0.151. The lowest BCUT2D eigenvalue weighted by Crippen LogP contribution is -2.42. The number of nitrogens with two attached hydrogens (primary N) is 1. The van der Waals surface area contributed by atoms with E-state index < -0.39 is 11.9 Å². The van der Waals surface area contributed by atoms with Crippen molar-refractivity contribution in [3.8, 4) is 0 Å². The van der Waals surface area contributed by atoms with Crippen LogP contribution in [0.4, 0.5) is 0 Å². The lowest BCUT2D eigenvalue weighted by molar-refractivity contribution is -0.126. The Bertz CT molecular complexity index is 351. The van der Waals surface area contributed by atoms with E-state index in [0.717, 1.165) is 0 Å². The van der Waals surface area contributed by atoms with Crippen molar-refractivity contribution in [2.45, 2.75) is 19.4 Å². The van der Waals surface area contributed by atoms with Crippen LogP contribution in [0.3, 0.4) is 0 Å². The van der Waals surface area contributed by atoms with Crippen LogP contribution < -0.4 is 11.1 Å². The molecule has 5 heteroatoms. The van der Waals surface area contributed by atoms with Crippen LogP contribution in [0.25, 0.3) is 0 Å². The number of amides is 2. The Kier molecular flexibility index (Phi) is 3.79. The smallest absolute Gasteiger partial charge is 0.239 e. The number of aromatic nitrogens is 1. The Balaban J connectivity index is 2.47. The van der Waals surface area contributed by atoms with Gasteiger partial charge < -0.3 is 11.1 Å². The number of hydrogen-bond donors (Lipinski definition) is 2. The van der Waals surface area contributed by atoms with Crippen LogP contribution in [-0.2, 0) is 16.0 Å². The number of rotatable bonds is 4. The monoisotopic (exact) mass is 207 g/mol. The summed E-state index contributed by atoms with van der Waals surface area (Å²) >= 11 is 0. The molecule has 0 aliphatic rings. The van der Waals surface area contributed by atoms with E-state index in [9.17, 15) is 9.59 Å². The lowest BCUT2D eigenvalue weighted by Gasteiger charge is -2.09. The largest absolute Gasteiger partial charge is 0.368 e. The maximum Gasteiger partial charge on any atom is 0.239 e.